The fourth-order valence-corrected chi connectivity index (χ4v) is 3.45. The number of unbranched alkanes of at least 4 members (excludes halogenated alkanes) is 1. The van der Waals surface area contributed by atoms with Crippen LogP contribution in [0.1, 0.15) is 38.7 Å². The van der Waals surface area contributed by atoms with Crippen molar-refractivity contribution in [2.24, 2.45) is 11.5 Å². The van der Waals surface area contributed by atoms with Crippen LogP contribution in [0.4, 0.5) is 0 Å². The lowest BCUT2D eigenvalue weighted by atomic mass is 10.0. The highest BCUT2D eigenvalue weighted by molar-refractivity contribution is 5.94. The first kappa shape index (κ1) is 26.8. The maximum absolute atomic E-state index is 12.8. The third kappa shape index (κ3) is 7.56. The molecule has 2 rings (SSSR count). The van der Waals surface area contributed by atoms with Gasteiger partial charge in [0.2, 0.25) is 17.7 Å². The van der Waals surface area contributed by atoms with Crippen LogP contribution in [-0.2, 0) is 25.6 Å². The Hall–Kier alpha value is -3.44. The highest BCUT2D eigenvalue weighted by Gasteiger charge is 2.27. The number of H-pyrrole nitrogens is 1. The van der Waals surface area contributed by atoms with Crippen molar-refractivity contribution in [3.63, 3.8) is 0 Å². The first-order valence-corrected chi connectivity index (χ1v) is 11.3. The van der Waals surface area contributed by atoms with Gasteiger partial charge in [0.15, 0.2) is 0 Å². The van der Waals surface area contributed by atoms with Gasteiger partial charge in [0.1, 0.15) is 18.1 Å². The number of carbonyl (C=O) groups excluding carboxylic acids is 3. The number of para-hydroxylation sites is 1. The largest absolute Gasteiger partial charge is 0.480 e. The zero-order valence-corrected chi connectivity index (χ0v) is 19.5. The second-order valence-corrected chi connectivity index (χ2v) is 8.31. The van der Waals surface area contributed by atoms with Gasteiger partial charge in [0.05, 0.1) is 6.04 Å². The number of carbonyl (C=O) groups is 4. The Kier molecular flexibility index (Phi) is 10.0. The summed E-state index contributed by atoms with van der Waals surface area (Å²) in [7, 11) is 0. The predicted octanol–water partition coefficient (Wildman–Crippen LogP) is -0.254. The van der Waals surface area contributed by atoms with Crippen LogP contribution >= 0.6 is 0 Å². The minimum Gasteiger partial charge on any atom is -0.480 e. The number of hydrogen-bond acceptors (Lipinski definition) is 6. The maximum Gasteiger partial charge on any atom is 0.325 e. The molecule has 0 radical (unpaired) electrons. The summed E-state index contributed by atoms with van der Waals surface area (Å²) in [6.45, 7) is 3.19. The molecule has 34 heavy (non-hydrogen) atoms. The molecule has 0 saturated heterocycles. The third-order valence-corrected chi connectivity index (χ3v) is 5.51. The van der Waals surface area contributed by atoms with Gasteiger partial charge in [0, 0.05) is 17.1 Å². The Morgan fingerprint density at radius 3 is 2.32 bits per heavy atom. The van der Waals surface area contributed by atoms with E-state index in [1.165, 1.54) is 13.8 Å². The van der Waals surface area contributed by atoms with Gasteiger partial charge in [-0.1, -0.05) is 18.2 Å². The number of hydrogen-bond donors (Lipinski definition) is 7. The number of nitrogens with two attached hydrogens (primary N) is 2. The second kappa shape index (κ2) is 12.7. The van der Waals surface area contributed by atoms with E-state index in [2.05, 4.69) is 20.9 Å². The smallest absolute Gasteiger partial charge is 0.325 e. The molecule has 11 nitrogen and oxygen atoms in total. The minimum absolute atomic E-state index is 0.277. The van der Waals surface area contributed by atoms with Gasteiger partial charge in [-0.15, -0.1) is 0 Å². The first-order valence-electron chi connectivity index (χ1n) is 11.3. The summed E-state index contributed by atoms with van der Waals surface area (Å²) in [6, 6.07) is 3.77. The lowest BCUT2D eigenvalue weighted by Gasteiger charge is -2.23. The molecule has 0 aliphatic heterocycles. The van der Waals surface area contributed by atoms with Crippen molar-refractivity contribution < 1.29 is 24.3 Å². The number of rotatable bonds is 13. The first-order chi connectivity index (χ1) is 16.1. The van der Waals surface area contributed by atoms with Crippen molar-refractivity contribution in [1.82, 2.24) is 20.9 Å². The molecule has 11 heteroatoms. The standard InChI is InChI=1S/C23H34N6O5/c1-13(20(30)28-14(2)23(33)34)27-22(32)19(9-5-6-10-24)29-21(31)17(25)11-15-12-26-18-8-4-3-7-16(15)18/h3-4,7-8,12-14,17,19,26H,5-6,9-11,24-25H2,1-2H3,(H,27,32)(H,28,30)(H,29,31)(H,33,34). The highest BCUT2D eigenvalue weighted by Crippen LogP contribution is 2.18. The molecule has 4 unspecified atom stereocenters. The summed E-state index contributed by atoms with van der Waals surface area (Å²) in [5.41, 5.74) is 13.5. The summed E-state index contributed by atoms with van der Waals surface area (Å²) in [4.78, 5) is 51.9. The molecular formula is C23H34N6O5. The zero-order valence-electron chi connectivity index (χ0n) is 19.5. The van der Waals surface area contributed by atoms with Crippen molar-refractivity contribution in [3.8, 4) is 0 Å². The number of fused-ring (bicyclic) bond motifs is 1. The topological polar surface area (TPSA) is 192 Å². The van der Waals surface area contributed by atoms with Crippen LogP contribution in [0.15, 0.2) is 30.5 Å². The quantitative estimate of drug-likeness (QED) is 0.194. The number of carboxylic acid groups (broad SMARTS) is 1. The predicted molar refractivity (Wildman–Crippen MR) is 128 cm³/mol. The van der Waals surface area contributed by atoms with E-state index in [0.717, 1.165) is 16.5 Å². The number of amides is 3. The summed E-state index contributed by atoms with van der Waals surface area (Å²) in [5.74, 6) is -2.89. The van der Waals surface area contributed by atoms with Gasteiger partial charge in [0.25, 0.3) is 0 Å². The molecule has 2 aromatic rings. The van der Waals surface area contributed by atoms with E-state index in [0.29, 0.717) is 25.8 Å². The van der Waals surface area contributed by atoms with Crippen LogP contribution in [0.5, 0.6) is 0 Å². The molecule has 9 N–H and O–H groups in total. The second-order valence-electron chi connectivity index (χ2n) is 8.31. The van der Waals surface area contributed by atoms with Gasteiger partial charge in [-0.05, 0) is 57.7 Å². The normalized spacial score (nSPS) is 14.6. The summed E-state index contributed by atoms with van der Waals surface area (Å²) in [6.07, 6.45) is 3.64. The van der Waals surface area contributed by atoms with E-state index in [1.54, 1.807) is 0 Å². The van der Waals surface area contributed by atoms with Crippen LogP contribution in [0.25, 0.3) is 10.9 Å². The Balaban J connectivity index is 2.01. The summed E-state index contributed by atoms with van der Waals surface area (Å²) >= 11 is 0. The van der Waals surface area contributed by atoms with E-state index in [-0.39, 0.29) is 6.42 Å². The number of carboxylic acids is 1. The monoisotopic (exact) mass is 474 g/mol. The number of aromatic amines is 1. The van der Waals surface area contributed by atoms with Gasteiger partial charge in [-0.25, -0.2) is 0 Å². The molecule has 1 heterocycles. The average molecular weight is 475 g/mol. The van der Waals surface area contributed by atoms with Crippen LogP contribution in [0.2, 0.25) is 0 Å². The molecule has 186 valence electrons. The van der Waals surface area contributed by atoms with Crippen LogP contribution in [0.3, 0.4) is 0 Å². The molecule has 0 bridgehead atoms. The molecule has 3 amide bonds. The fourth-order valence-electron chi connectivity index (χ4n) is 3.45. The third-order valence-electron chi connectivity index (χ3n) is 5.51. The molecule has 0 aliphatic rings. The van der Waals surface area contributed by atoms with E-state index in [4.69, 9.17) is 16.6 Å². The number of benzene rings is 1. The molecule has 0 fully saturated rings. The van der Waals surface area contributed by atoms with E-state index in [9.17, 15) is 19.2 Å². The highest BCUT2D eigenvalue weighted by atomic mass is 16.4. The maximum atomic E-state index is 12.8. The average Bonchev–Trinajstić information content (AvgIpc) is 3.20. The van der Waals surface area contributed by atoms with Crippen molar-refractivity contribution in [1.29, 1.82) is 0 Å². The summed E-state index contributed by atoms with van der Waals surface area (Å²) < 4.78 is 0. The lowest BCUT2D eigenvalue weighted by Crippen LogP contribution is -2.56. The van der Waals surface area contributed by atoms with Crippen molar-refractivity contribution in [2.45, 2.75) is 63.7 Å². The SMILES string of the molecule is CC(NC(=O)C(C)NC(=O)C(CCCCN)NC(=O)C(N)Cc1c[nH]c2ccccc12)C(=O)O. The molecular weight excluding hydrogens is 440 g/mol. The Bertz CT molecular complexity index is 1010. The Morgan fingerprint density at radius 1 is 0.971 bits per heavy atom. The molecule has 0 aliphatic carbocycles. The molecule has 4 atom stereocenters. The fraction of sp³-hybridized carbons (Fsp3) is 0.478. The Morgan fingerprint density at radius 2 is 1.65 bits per heavy atom. The van der Waals surface area contributed by atoms with E-state index in [1.807, 2.05) is 30.5 Å². The number of aliphatic carboxylic acids is 1. The van der Waals surface area contributed by atoms with E-state index < -0.39 is 47.9 Å². The van der Waals surface area contributed by atoms with Gasteiger partial charge >= 0.3 is 5.97 Å². The molecule has 1 aromatic carbocycles. The van der Waals surface area contributed by atoms with Crippen molar-refractivity contribution in [3.05, 3.63) is 36.0 Å². The molecule has 0 saturated carbocycles. The van der Waals surface area contributed by atoms with Gasteiger partial charge in [-0.3, -0.25) is 19.2 Å². The van der Waals surface area contributed by atoms with Gasteiger partial charge < -0.3 is 37.5 Å². The van der Waals surface area contributed by atoms with E-state index >= 15 is 0 Å². The minimum atomic E-state index is -1.19. The van der Waals surface area contributed by atoms with Crippen LogP contribution in [0, 0.1) is 0 Å². The lowest BCUT2D eigenvalue weighted by molar-refractivity contribution is -0.141. The zero-order chi connectivity index (χ0) is 25.3. The summed E-state index contributed by atoms with van der Waals surface area (Å²) in [5, 5.41) is 17.4. The van der Waals surface area contributed by atoms with Crippen LogP contribution < -0.4 is 27.4 Å². The van der Waals surface area contributed by atoms with Gasteiger partial charge in [-0.2, -0.15) is 0 Å². The molecule has 1 aromatic heterocycles. The number of aromatic nitrogens is 1. The molecule has 0 spiro atoms. The Labute approximate surface area is 198 Å². The number of nitrogens with one attached hydrogen (secondary N) is 4. The van der Waals surface area contributed by atoms with Crippen molar-refractivity contribution in [2.75, 3.05) is 6.54 Å². The van der Waals surface area contributed by atoms with Crippen molar-refractivity contribution >= 4 is 34.6 Å². The van der Waals surface area contributed by atoms with Crippen LogP contribution in [-0.4, -0.2) is 64.5 Å².